The lowest BCUT2D eigenvalue weighted by Crippen LogP contribution is -2.41. The number of morpholine rings is 1. The van der Waals surface area contributed by atoms with Crippen LogP contribution in [0.25, 0.3) is 0 Å². The molecule has 188 valence electrons. The number of para-hydroxylation sites is 1. The average Bonchev–Trinajstić information content (AvgIpc) is 2.90. The van der Waals surface area contributed by atoms with Crippen molar-refractivity contribution in [3.8, 4) is 0 Å². The minimum Gasteiger partial charge on any atom is -0.379 e. The molecule has 3 aromatic rings. The molecular weight excluding hydrogens is 478 g/mol. The first kappa shape index (κ1) is 25.6. The van der Waals surface area contributed by atoms with Crippen LogP contribution in [-0.4, -0.2) is 50.8 Å². The Kier molecular flexibility index (Phi) is 8.14. The topological polar surface area (TPSA) is 105 Å². The highest BCUT2D eigenvalue weighted by Crippen LogP contribution is 2.20. The van der Waals surface area contributed by atoms with E-state index < -0.39 is 15.9 Å². The van der Waals surface area contributed by atoms with Gasteiger partial charge in [0.1, 0.15) is 0 Å². The summed E-state index contributed by atoms with van der Waals surface area (Å²) in [6, 6.07) is 22.6. The fraction of sp³-hybridized carbons (Fsp3) is 0.259. The number of hydrogen-bond donors (Lipinski definition) is 2. The van der Waals surface area contributed by atoms with E-state index in [1.807, 2.05) is 37.3 Å². The number of benzene rings is 3. The second-order valence-corrected chi connectivity index (χ2v) is 10.5. The molecule has 0 radical (unpaired) electrons. The fourth-order valence-electron chi connectivity index (χ4n) is 3.96. The molecule has 3 aromatic carbocycles. The molecule has 0 saturated carbocycles. The van der Waals surface area contributed by atoms with E-state index in [4.69, 9.17) is 4.74 Å². The fourth-order valence-corrected chi connectivity index (χ4v) is 5.46. The van der Waals surface area contributed by atoms with Crippen molar-refractivity contribution in [1.29, 1.82) is 0 Å². The van der Waals surface area contributed by atoms with E-state index in [1.54, 1.807) is 48.5 Å². The SMILES string of the molecule is C[C@H](NC(=O)c1ccccc1NC(=O)c1ccc(CS(=O)(=O)N2CCOCC2)cc1)c1ccccc1. The lowest BCUT2D eigenvalue weighted by atomic mass is 10.1. The van der Waals surface area contributed by atoms with Crippen molar-refractivity contribution in [1.82, 2.24) is 9.62 Å². The monoisotopic (exact) mass is 507 g/mol. The zero-order valence-electron chi connectivity index (χ0n) is 20.0. The maximum absolute atomic E-state index is 12.9. The highest BCUT2D eigenvalue weighted by Gasteiger charge is 2.24. The third-order valence-corrected chi connectivity index (χ3v) is 7.85. The van der Waals surface area contributed by atoms with E-state index in [0.717, 1.165) is 5.56 Å². The van der Waals surface area contributed by atoms with Crippen molar-refractivity contribution in [2.24, 2.45) is 0 Å². The molecule has 9 heteroatoms. The Labute approximate surface area is 211 Å². The van der Waals surface area contributed by atoms with E-state index >= 15 is 0 Å². The first-order valence-electron chi connectivity index (χ1n) is 11.7. The van der Waals surface area contributed by atoms with Crippen molar-refractivity contribution in [3.05, 3.63) is 101 Å². The number of rotatable bonds is 8. The Bertz CT molecular complexity index is 1300. The Morgan fingerprint density at radius 2 is 1.53 bits per heavy atom. The van der Waals surface area contributed by atoms with Crippen LogP contribution in [0.4, 0.5) is 5.69 Å². The van der Waals surface area contributed by atoms with Crippen molar-refractivity contribution in [3.63, 3.8) is 0 Å². The van der Waals surface area contributed by atoms with Gasteiger partial charge in [0.15, 0.2) is 0 Å². The molecule has 1 saturated heterocycles. The minimum atomic E-state index is -3.46. The van der Waals surface area contributed by atoms with E-state index in [0.29, 0.717) is 48.7 Å². The van der Waals surface area contributed by atoms with Crippen molar-refractivity contribution >= 4 is 27.5 Å². The van der Waals surface area contributed by atoms with Crippen LogP contribution in [-0.2, 0) is 20.5 Å². The molecule has 0 aliphatic carbocycles. The Balaban J connectivity index is 1.41. The summed E-state index contributed by atoms with van der Waals surface area (Å²) in [5.74, 6) is -0.836. The molecule has 2 amide bonds. The molecule has 8 nitrogen and oxygen atoms in total. The molecule has 1 fully saturated rings. The first-order valence-corrected chi connectivity index (χ1v) is 13.3. The normalized spacial score (nSPS) is 15.1. The maximum atomic E-state index is 12.9. The molecule has 1 aliphatic rings. The lowest BCUT2D eigenvalue weighted by molar-refractivity contribution is 0.0729. The smallest absolute Gasteiger partial charge is 0.255 e. The third kappa shape index (κ3) is 6.37. The van der Waals surface area contributed by atoms with Gasteiger partial charge in [-0.25, -0.2) is 8.42 Å². The molecule has 2 N–H and O–H groups in total. The van der Waals surface area contributed by atoms with Crippen LogP contribution in [0, 0.1) is 0 Å². The summed E-state index contributed by atoms with van der Waals surface area (Å²) in [6.07, 6.45) is 0. The molecule has 0 unspecified atom stereocenters. The zero-order valence-corrected chi connectivity index (χ0v) is 20.8. The Hall–Kier alpha value is -3.53. The molecule has 0 spiro atoms. The average molecular weight is 508 g/mol. The number of anilines is 1. The van der Waals surface area contributed by atoms with Gasteiger partial charge >= 0.3 is 0 Å². The van der Waals surface area contributed by atoms with Crippen LogP contribution in [0.2, 0.25) is 0 Å². The number of ether oxygens (including phenoxy) is 1. The van der Waals surface area contributed by atoms with Gasteiger partial charge in [-0.1, -0.05) is 54.6 Å². The van der Waals surface area contributed by atoms with Crippen molar-refractivity contribution < 1.29 is 22.7 Å². The van der Waals surface area contributed by atoms with Gasteiger partial charge in [0.25, 0.3) is 11.8 Å². The number of carbonyl (C=O) groups excluding carboxylic acids is 2. The number of carbonyl (C=O) groups is 2. The Morgan fingerprint density at radius 1 is 0.889 bits per heavy atom. The zero-order chi connectivity index (χ0) is 25.5. The molecule has 36 heavy (non-hydrogen) atoms. The van der Waals surface area contributed by atoms with Gasteiger partial charge < -0.3 is 15.4 Å². The molecule has 0 aromatic heterocycles. The second-order valence-electron chi connectivity index (χ2n) is 8.57. The van der Waals surface area contributed by atoms with Gasteiger partial charge in [-0.05, 0) is 42.3 Å². The predicted molar refractivity (Wildman–Crippen MR) is 138 cm³/mol. The quantitative estimate of drug-likeness (QED) is 0.485. The van der Waals surface area contributed by atoms with Crippen LogP contribution in [0.3, 0.4) is 0 Å². The first-order chi connectivity index (χ1) is 17.3. The number of nitrogens with zero attached hydrogens (tertiary/aromatic N) is 1. The highest BCUT2D eigenvalue weighted by atomic mass is 32.2. The number of sulfonamides is 1. The van der Waals surface area contributed by atoms with Crippen molar-refractivity contribution in [2.75, 3.05) is 31.6 Å². The van der Waals surface area contributed by atoms with Gasteiger partial charge in [0.05, 0.1) is 36.3 Å². The minimum absolute atomic E-state index is 0.141. The van der Waals surface area contributed by atoms with Crippen LogP contribution in [0.1, 0.15) is 44.8 Å². The Morgan fingerprint density at radius 3 is 2.22 bits per heavy atom. The summed E-state index contributed by atoms with van der Waals surface area (Å²) < 4.78 is 31.9. The molecule has 1 heterocycles. The summed E-state index contributed by atoms with van der Waals surface area (Å²) >= 11 is 0. The summed E-state index contributed by atoms with van der Waals surface area (Å²) in [5.41, 5.74) is 2.66. The van der Waals surface area contributed by atoms with Crippen LogP contribution < -0.4 is 10.6 Å². The van der Waals surface area contributed by atoms with Crippen molar-refractivity contribution in [2.45, 2.75) is 18.7 Å². The van der Waals surface area contributed by atoms with Gasteiger partial charge in [0.2, 0.25) is 10.0 Å². The van der Waals surface area contributed by atoms with E-state index in [-0.39, 0.29) is 17.7 Å². The molecule has 4 rings (SSSR count). The van der Waals surface area contributed by atoms with Gasteiger partial charge in [-0.3, -0.25) is 9.59 Å². The van der Waals surface area contributed by atoms with Gasteiger partial charge in [0, 0.05) is 18.7 Å². The maximum Gasteiger partial charge on any atom is 0.255 e. The number of hydrogen-bond acceptors (Lipinski definition) is 5. The summed E-state index contributed by atoms with van der Waals surface area (Å²) in [7, 11) is -3.46. The van der Waals surface area contributed by atoms with E-state index in [2.05, 4.69) is 10.6 Å². The molecular formula is C27H29N3O5S. The molecule has 1 atom stereocenters. The summed E-state index contributed by atoms with van der Waals surface area (Å²) in [5, 5.41) is 5.76. The van der Waals surface area contributed by atoms with E-state index in [1.165, 1.54) is 4.31 Å². The van der Waals surface area contributed by atoms with Gasteiger partial charge in [-0.2, -0.15) is 4.31 Å². The number of nitrogens with one attached hydrogen (secondary N) is 2. The third-order valence-electron chi connectivity index (χ3n) is 6.00. The van der Waals surface area contributed by atoms with Crippen LogP contribution in [0.5, 0.6) is 0 Å². The van der Waals surface area contributed by atoms with Crippen LogP contribution in [0.15, 0.2) is 78.9 Å². The predicted octanol–water partition coefficient (Wildman–Crippen LogP) is 3.59. The highest BCUT2D eigenvalue weighted by molar-refractivity contribution is 7.88. The van der Waals surface area contributed by atoms with E-state index in [9.17, 15) is 18.0 Å². The standard InChI is InChI=1S/C27H29N3O5S/c1-20(22-7-3-2-4-8-22)28-27(32)24-9-5-6-10-25(24)29-26(31)23-13-11-21(12-14-23)19-36(33,34)30-15-17-35-18-16-30/h2-14,20H,15-19H2,1H3,(H,28,32)(H,29,31)/t20-/m0/s1. The van der Waals surface area contributed by atoms with Crippen LogP contribution >= 0.6 is 0 Å². The second kappa shape index (κ2) is 11.5. The largest absolute Gasteiger partial charge is 0.379 e. The molecule has 0 bridgehead atoms. The lowest BCUT2D eigenvalue weighted by Gasteiger charge is -2.26. The van der Waals surface area contributed by atoms with Gasteiger partial charge in [-0.15, -0.1) is 0 Å². The number of amides is 2. The molecule has 1 aliphatic heterocycles. The summed E-state index contributed by atoms with van der Waals surface area (Å²) in [4.78, 5) is 25.8. The summed E-state index contributed by atoms with van der Waals surface area (Å²) in [6.45, 7) is 3.38.